The van der Waals surface area contributed by atoms with Crippen molar-refractivity contribution in [3.8, 4) is 0 Å². The van der Waals surface area contributed by atoms with E-state index in [-0.39, 0.29) is 18.6 Å². The summed E-state index contributed by atoms with van der Waals surface area (Å²) in [5.41, 5.74) is 0.352. The Balaban J connectivity index is 4.34. The van der Waals surface area contributed by atoms with Crippen LogP contribution in [0.2, 0.25) is 0 Å². The second kappa shape index (κ2) is 8.72. The van der Waals surface area contributed by atoms with Crippen molar-refractivity contribution >= 4 is 11.9 Å². The van der Waals surface area contributed by atoms with Gasteiger partial charge in [0.25, 0.3) is 0 Å². The lowest BCUT2D eigenvalue weighted by Crippen LogP contribution is -2.37. The summed E-state index contributed by atoms with van der Waals surface area (Å²) >= 11 is 0. The number of carbonyl (C=O) groups is 1. The highest BCUT2D eigenvalue weighted by atomic mass is 16.5. The van der Waals surface area contributed by atoms with Gasteiger partial charge in [-0.2, -0.15) is 0 Å². The summed E-state index contributed by atoms with van der Waals surface area (Å²) < 4.78 is 5.13. The molecule has 104 valence electrons. The molecule has 0 fully saturated rings. The number of carbonyl (C=O) groups excluding carboxylic acids is 2. The number of nitrogens with one attached hydrogen (secondary N) is 1. The Bertz CT molecular complexity index is 309. The minimum Gasteiger partial charge on any atom is -0.457 e. The van der Waals surface area contributed by atoms with Crippen LogP contribution in [0, 0.1) is 5.92 Å². The lowest BCUT2D eigenvalue weighted by molar-refractivity contribution is -0.145. The van der Waals surface area contributed by atoms with Crippen LogP contribution < -0.4 is 5.32 Å². The van der Waals surface area contributed by atoms with E-state index in [4.69, 9.17) is 4.74 Å². The molecule has 0 bridgehead atoms. The number of hydrogen-bond donors (Lipinski definition) is 1. The molecule has 0 spiro atoms. The Morgan fingerprint density at radius 2 is 2.06 bits per heavy atom. The molecule has 0 saturated carbocycles. The molecule has 0 aromatic rings. The molecule has 1 N–H and O–H groups in total. The van der Waals surface area contributed by atoms with E-state index in [9.17, 15) is 9.59 Å². The van der Waals surface area contributed by atoms with Crippen molar-refractivity contribution in [1.82, 2.24) is 10.2 Å². The van der Waals surface area contributed by atoms with E-state index in [1.54, 1.807) is 24.9 Å². The molecule has 0 aromatic carbocycles. The van der Waals surface area contributed by atoms with Gasteiger partial charge in [0.15, 0.2) is 0 Å². The summed E-state index contributed by atoms with van der Waals surface area (Å²) in [7, 11) is 3.49. The average Bonchev–Trinajstić information content (AvgIpc) is 2.35. The van der Waals surface area contributed by atoms with Gasteiger partial charge in [0, 0.05) is 13.6 Å². The fourth-order valence-electron chi connectivity index (χ4n) is 1.45. The minimum absolute atomic E-state index is 0.0249. The molecule has 5 heteroatoms. The molecule has 0 rings (SSSR count). The molecule has 0 radical (unpaired) electrons. The second-order valence-electron chi connectivity index (χ2n) is 4.64. The SMILES string of the molecule is CCN(C)C(=C=O)COC(=O)C(CC(C)C)NC. The first-order valence-corrected chi connectivity index (χ1v) is 6.25. The first-order valence-electron chi connectivity index (χ1n) is 6.25. The fraction of sp³-hybridized carbons (Fsp3) is 0.769. The van der Waals surface area contributed by atoms with E-state index in [0.29, 0.717) is 24.6 Å². The molecular weight excluding hydrogens is 232 g/mol. The van der Waals surface area contributed by atoms with Crippen LogP contribution in [0.4, 0.5) is 0 Å². The Kier molecular flexibility index (Phi) is 8.08. The summed E-state index contributed by atoms with van der Waals surface area (Å²) in [5, 5.41) is 2.92. The topological polar surface area (TPSA) is 58.6 Å². The van der Waals surface area contributed by atoms with Crippen LogP contribution in [-0.4, -0.2) is 50.1 Å². The number of nitrogens with zero attached hydrogens (tertiary/aromatic N) is 1. The van der Waals surface area contributed by atoms with Crippen LogP contribution in [0.1, 0.15) is 27.2 Å². The van der Waals surface area contributed by atoms with Gasteiger partial charge in [-0.1, -0.05) is 13.8 Å². The maximum Gasteiger partial charge on any atom is 0.323 e. The molecule has 0 aliphatic carbocycles. The highest BCUT2D eigenvalue weighted by molar-refractivity contribution is 5.76. The predicted molar refractivity (Wildman–Crippen MR) is 70.8 cm³/mol. The van der Waals surface area contributed by atoms with E-state index in [1.165, 1.54) is 0 Å². The molecule has 0 saturated heterocycles. The summed E-state index contributed by atoms with van der Waals surface area (Å²) in [6.07, 6.45) is 0.707. The Morgan fingerprint density at radius 1 is 1.44 bits per heavy atom. The van der Waals surface area contributed by atoms with Crippen LogP contribution >= 0.6 is 0 Å². The smallest absolute Gasteiger partial charge is 0.323 e. The number of ether oxygens (including phenoxy) is 1. The maximum atomic E-state index is 11.8. The van der Waals surface area contributed by atoms with Gasteiger partial charge in [-0.25, -0.2) is 4.79 Å². The van der Waals surface area contributed by atoms with Crippen LogP contribution in [0.25, 0.3) is 0 Å². The van der Waals surface area contributed by atoms with Gasteiger partial charge >= 0.3 is 5.97 Å². The molecule has 0 heterocycles. The highest BCUT2D eigenvalue weighted by Gasteiger charge is 2.20. The molecule has 1 unspecified atom stereocenters. The van der Waals surface area contributed by atoms with Crippen molar-refractivity contribution < 1.29 is 14.3 Å². The molecule has 5 nitrogen and oxygen atoms in total. The largest absolute Gasteiger partial charge is 0.457 e. The van der Waals surface area contributed by atoms with Crippen LogP contribution in [-0.2, 0) is 14.3 Å². The lowest BCUT2D eigenvalue weighted by Gasteiger charge is -2.20. The van der Waals surface area contributed by atoms with Crippen molar-refractivity contribution in [2.24, 2.45) is 5.92 Å². The minimum atomic E-state index is -0.330. The van der Waals surface area contributed by atoms with Crippen LogP contribution in [0.15, 0.2) is 5.70 Å². The van der Waals surface area contributed by atoms with Gasteiger partial charge in [0.2, 0.25) is 0 Å². The van der Waals surface area contributed by atoms with E-state index in [1.807, 2.05) is 20.8 Å². The molecule has 0 aliphatic heterocycles. The molecule has 1 atom stereocenters. The molecule has 0 amide bonds. The third-order valence-electron chi connectivity index (χ3n) is 2.74. The van der Waals surface area contributed by atoms with Crippen molar-refractivity contribution in [1.29, 1.82) is 0 Å². The molecule has 18 heavy (non-hydrogen) atoms. The first-order chi connectivity index (χ1) is 8.46. The maximum absolute atomic E-state index is 11.8. The number of likely N-dealkylation sites (N-methyl/N-ethyl adjacent to an activating group) is 2. The quantitative estimate of drug-likeness (QED) is 0.515. The van der Waals surface area contributed by atoms with Crippen molar-refractivity contribution in [3.63, 3.8) is 0 Å². The third-order valence-corrected chi connectivity index (χ3v) is 2.74. The predicted octanol–water partition coefficient (Wildman–Crippen LogP) is 0.831. The summed E-state index contributed by atoms with van der Waals surface area (Å²) in [6, 6.07) is -0.329. The fourth-order valence-corrected chi connectivity index (χ4v) is 1.45. The van der Waals surface area contributed by atoms with Crippen LogP contribution in [0.5, 0.6) is 0 Å². The van der Waals surface area contributed by atoms with E-state index >= 15 is 0 Å². The van der Waals surface area contributed by atoms with E-state index < -0.39 is 0 Å². The number of esters is 1. The first kappa shape index (κ1) is 16.7. The van der Waals surface area contributed by atoms with Gasteiger partial charge in [-0.05, 0) is 26.3 Å². The summed E-state index contributed by atoms with van der Waals surface area (Å²) in [5.74, 6) is 1.87. The molecule has 0 aliphatic rings. The summed E-state index contributed by atoms with van der Waals surface area (Å²) in [6.45, 7) is 6.64. The number of hydrogen-bond acceptors (Lipinski definition) is 5. The zero-order valence-corrected chi connectivity index (χ0v) is 11.9. The summed E-state index contributed by atoms with van der Waals surface area (Å²) in [4.78, 5) is 24.2. The Morgan fingerprint density at radius 3 is 2.44 bits per heavy atom. The molecule has 0 aromatic heterocycles. The van der Waals surface area contributed by atoms with Crippen LogP contribution in [0.3, 0.4) is 0 Å². The highest BCUT2D eigenvalue weighted by Crippen LogP contribution is 2.07. The molecular formula is C13H24N2O3. The van der Waals surface area contributed by atoms with Crippen molar-refractivity contribution in [2.45, 2.75) is 33.2 Å². The third kappa shape index (κ3) is 5.84. The number of rotatable bonds is 8. The average molecular weight is 256 g/mol. The lowest BCUT2D eigenvalue weighted by atomic mass is 10.0. The van der Waals surface area contributed by atoms with Gasteiger partial charge in [-0.15, -0.1) is 0 Å². The normalized spacial score (nSPS) is 11.9. The zero-order chi connectivity index (χ0) is 14.1. The van der Waals surface area contributed by atoms with E-state index in [2.05, 4.69) is 5.32 Å². The standard InChI is InChI=1S/C13H24N2O3/c1-6-15(5)11(8-16)9-18-13(17)12(14-4)7-10(2)3/h10,12,14H,6-7,9H2,1-5H3. The van der Waals surface area contributed by atoms with Gasteiger partial charge in [0.05, 0.1) is 0 Å². The Labute approximate surface area is 109 Å². The zero-order valence-electron chi connectivity index (χ0n) is 11.9. The monoisotopic (exact) mass is 256 g/mol. The second-order valence-corrected chi connectivity index (χ2v) is 4.64. The van der Waals surface area contributed by atoms with Gasteiger partial charge in [-0.3, -0.25) is 4.79 Å². The Hall–Kier alpha value is -1.32. The van der Waals surface area contributed by atoms with Gasteiger partial charge < -0.3 is 15.0 Å². The van der Waals surface area contributed by atoms with Crippen molar-refractivity contribution in [2.75, 3.05) is 27.2 Å². The van der Waals surface area contributed by atoms with E-state index in [0.717, 1.165) is 0 Å². The van der Waals surface area contributed by atoms with Crippen molar-refractivity contribution in [3.05, 3.63) is 5.70 Å². The van der Waals surface area contributed by atoms with Gasteiger partial charge in [0.1, 0.15) is 24.3 Å².